The lowest BCUT2D eigenvalue weighted by Crippen LogP contribution is -2.42. The molecule has 1 N–H and O–H groups in total. The number of rotatable bonds is 5. The number of furan rings is 1. The van der Waals surface area contributed by atoms with E-state index in [1.54, 1.807) is 19.1 Å². The lowest BCUT2D eigenvalue weighted by molar-refractivity contribution is -0.150. The largest absolute Gasteiger partial charge is 0.465 e. The predicted molar refractivity (Wildman–Crippen MR) is 78.3 cm³/mol. The Balaban J connectivity index is 1.75. The van der Waals surface area contributed by atoms with Gasteiger partial charge in [0.15, 0.2) is 6.10 Å². The first kappa shape index (κ1) is 15.4. The van der Waals surface area contributed by atoms with Gasteiger partial charge >= 0.3 is 5.97 Å². The van der Waals surface area contributed by atoms with Gasteiger partial charge in [0.25, 0.3) is 5.91 Å². The molecule has 1 heterocycles. The van der Waals surface area contributed by atoms with E-state index in [2.05, 4.69) is 5.32 Å². The van der Waals surface area contributed by atoms with E-state index < -0.39 is 12.1 Å². The van der Waals surface area contributed by atoms with Gasteiger partial charge in [-0.3, -0.25) is 4.79 Å². The van der Waals surface area contributed by atoms with Crippen molar-refractivity contribution in [2.45, 2.75) is 51.2 Å². The van der Waals surface area contributed by atoms with Gasteiger partial charge in [-0.15, -0.1) is 0 Å². The molecule has 21 heavy (non-hydrogen) atoms. The van der Waals surface area contributed by atoms with Gasteiger partial charge in [0, 0.05) is 12.1 Å². The molecule has 0 bridgehead atoms. The van der Waals surface area contributed by atoms with Crippen molar-refractivity contribution in [1.82, 2.24) is 5.32 Å². The Hall–Kier alpha value is -2.04. The molecule has 5 nitrogen and oxygen atoms in total. The molecule has 1 aliphatic carbocycles. The van der Waals surface area contributed by atoms with Crippen LogP contribution in [0.25, 0.3) is 6.08 Å². The number of carbonyl (C=O) groups is 2. The Morgan fingerprint density at radius 3 is 2.81 bits per heavy atom. The molecule has 0 saturated heterocycles. The second-order valence-corrected chi connectivity index (χ2v) is 5.27. The van der Waals surface area contributed by atoms with Crippen LogP contribution >= 0.6 is 0 Å². The minimum atomic E-state index is -0.791. The van der Waals surface area contributed by atoms with Gasteiger partial charge in [0.1, 0.15) is 5.76 Å². The smallest absolute Gasteiger partial charge is 0.331 e. The number of amides is 1. The van der Waals surface area contributed by atoms with Crippen molar-refractivity contribution >= 4 is 18.0 Å². The fourth-order valence-corrected chi connectivity index (χ4v) is 2.37. The molecular weight excluding hydrogens is 270 g/mol. The standard InChI is InChI=1S/C16H21NO4/c1-12(16(19)17-13-6-3-2-4-7-13)21-15(18)10-9-14-8-5-11-20-14/h5,8-13H,2-4,6-7H2,1H3,(H,17,19)/b10-9+. The van der Waals surface area contributed by atoms with Crippen molar-refractivity contribution in [2.24, 2.45) is 0 Å². The van der Waals surface area contributed by atoms with Gasteiger partial charge in [-0.05, 0) is 38.0 Å². The second-order valence-electron chi connectivity index (χ2n) is 5.27. The molecule has 1 aromatic rings. The molecule has 1 atom stereocenters. The Bertz CT molecular complexity index is 486. The monoisotopic (exact) mass is 291 g/mol. The number of hydrogen-bond donors (Lipinski definition) is 1. The average molecular weight is 291 g/mol. The number of ether oxygens (including phenoxy) is 1. The van der Waals surface area contributed by atoms with Gasteiger partial charge < -0.3 is 14.5 Å². The lowest BCUT2D eigenvalue weighted by Gasteiger charge is -2.24. The predicted octanol–water partition coefficient (Wildman–Crippen LogP) is 2.67. The first-order valence-electron chi connectivity index (χ1n) is 7.38. The third-order valence-electron chi connectivity index (χ3n) is 3.54. The second kappa shape index (κ2) is 7.67. The highest BCUT2D eigenvalue weighted by Crippen LogP contribution is 2.17. The Morgan fingerprint density at radius 2 is 2.14 bits per heavy atom. The molecule has 0 radical (unpaired) electrons. The molecule has 1 fully saturated rings. The summed E-state index contributed by atoms with van der Waals surface area (Å²) in [6, 6.07) is 3.67. The summed E-state index contributed by atoms with van der Waals surface area (Å²) >= 11 is 0. The minimum absolute atomic E-state index is 0.214. The van der Waals surface area contributed by atoms with E-state index in [1.165, 1.54) is 24.8 Å². The SMILES string of the molecule is CC(OC(=O)/C=C/c1ccco1)C(=O)NC1CCCCC1. The fourth-order valence-electron chi connectivity index (χ4n) is 2.37. The summed E-state index contributed by atoms with van der Waals surface area (Å²) in [6.07, 6.45) is 9.02. The molecule has 114 valence electrons. The fraction of sp³-hybridized carbons (Fsp3) is 0.500. The van der Waals surface area contributed by atoms with E-state index in [4.69, 9.17) is 9.15 Å². The molecule has 0 spiro atoms. The lowest BCUT2D eigenvalue weighted by atomic mass is 9.95. The van der Waals surface area contributed by atoms with Gasteiger partial charge in [0.05, 0.1) is 6.26 Å². The van der Waals surface area contributed by atoms with Crippen LogP contribution in [-0.4, -0.2) is 24.0 Å². The minimum Gasteiger partial charge on any atom is -0.465 e. The van der Waals surface area contributed by atoms with Crippen LogP contribution in [0.4, 0.5) is 0 Å². The van der Waals surface area contributed by atoms with E-state index >= 15 is 0 Å². The summed E-state index contributed by atoms with van der Waals surface area (Å²) in [7, 11) is 0. The van der Waals surface area contributed by atoms with Crippen molar-refractivity contribution in [3.8, 4) is 0 Å². The first-order chi connectivity index (χ1) is 10.1. The van der Waals surface area contributed by atoms with Gasteiger partial charge in [-0.25, -0.2) is 4.79 Å². The van der Waals surface area contributed by atoms with Crippen LogP contribution in [0, 0.1) is 0 Å². The van der Waals surface area contributed by atoms with Crippen molar-refractivity contribution in [1.29, 1.82) is 0 Å². The van der Waals surface area contributed by atoms with Gasteiger partial charge in [-0.1, -0.05) is 19.3 Å². The summed E-state index contributed by atoms with van der Waals surface area (Å²) in [5, 5.41) is 2.93. The molecule has 1 unspecified atom stereocenters. The molecule has 2 rings (SSSR count). The topological polar surface area (TPSA) is 68.5 Å². The zero-order valence-corrected chi connectivity index (χ0v) is 12.2. The summed E-state index contributed by atoms with van der Waals surface area (Å²) in [5.41, 5.74) is 0. The maximum absolute atomic E-state index is 11.9. The maximum atomic E-state index is 11.9. The van der Waals surface area contributed by atoms with Crippen LogP contribution in [0.5, 0.6) is 0 Å². The highest BCUT2D eigenvalue weighted by Gasteiger charge is 2.21. The molecule has 0 aromatic carbocycles. The van der Waals surface area contributed by atoms with E-state index in [9.17, 15) is 9.59 Å². The van der Waals surface area contributed by atoms with Crippen LogP contribution in [-0.2, 0) is 14.3 Å². The summed E-state index contributed by atoms with van der Waals surface area (Å²) < 4.78 is 10.1. The number of hydrogen-bond acceptors (Lipinski definition) is 4. The molecule has 0 aliphatic heterocycles. The van der Waals surface area contributed by atoms with E-state index in [0.29, 0.717) is 5.76 Å². The number of nitrogens with one attached hydrogen (secondary N) is 1. The quantitative estimate of drug-likeness (QED) is 0.669. The Morgan fingerprint density at radius 1 is 1.38 bits per heavy atom. The number of esters is 1. The maximum Gasteiger partial charge on any atom is 0.331 e. The van der Waals surface area contributed by atoms with Crippen LogP contribution in [0.2, 0.25) is 0 Å². The van der Waals surface area contributed by atoms with Gasteiger partial charge in [-0.2, -0.15) is 0 Å². The molecule has 1 aromatic heterocycles. The zero-order chi connectivity index (χ0) is 15.1. The Labute approximate surface area is 124 Å². The third-order valence-corrected chi connectivity index (χ3v) is 3.54. The Kier molecular flexibility index (Phi) is 5.60. The van der Waals surface area contributed by atoms with Crippen LogP contribution in [0.15, 0.2) is 28.9 Å². The highest BCUT2D eigenvalue weighted by molar-refractivity contribution is 5.90. The summed E-state index contributed by atoms with van der Waals surface area (Å²) in [5.74, 6) is -0.231. The van der Waals surface area contributed by atoms with E-state index in [0.717, 1.165) is 25.7 Å². The van der Waals surface area contributed by atoms with Crippen LogP contribution in [0.1, 0.15) is 44.8 Å². The van der Waals surface area contributed by atoms with Crippen LogP contribution < -0.4 is 5.32 Å². The van der Waals surface area contributed by atoms with Gasteiger partial charge in [0.2, 0.25) is 0 Å². The summed E-state index contributed by atoms with van der Waals surface area (Å²) in [4.78, 5) is 23.6. The summed E-state index contributed by atoms with van der Waals surface area (Å²) in [6.45, 7) is 1.58. The molecule has 5 heteroatoms. The van der Waals surface area contributed by atoms with Crippen molar-refractivity contribution < 1.29 is 18.7 Å². The molecule has 1 saturated carbocycles. The van der Waals surface area contributed by atoms with E-state index in [-0.39, 0.29) is 11.9 Å². The van der Waals surface area contributed by atoms with E-state index in [1.807, 2.05) is 0 Å². The normalized spacial score (nSPS) is 17.6. The molecule has 1 amide bonds. The van der Waals surface area contributed by atoms with Crippen molar-refractivity contribution in [3.05, 3.63) is 30.2 Å². The van der Waals surface area contributed by atoms with Crippen LogP contribution in [0.3, 0.4) is 0 Å². The first-order valence-corrected chi connectivity index (χ1v) is 7.38. The molecule has 1 aliphatic rings. The third kappa shape index (κ3) is 5.10. The average Bonchev–Trinajstić information content (AvgIpc) is 2.99. The van der Waals surface area contributed by atoms with Crippen molar-refractivity contribution in [3.63, 3.8) is 0 Å². The van der Waals surface area contributed by atoms with Crippen molar-refractivity contribution in [2.75, 3.05) is 0 Å². The molecular formula is C16H21NO4. The number of carbonyl (C=O) groups excluding carboxylic acids is 2. The zero-order valence-electron chi connectivity index (χ0n) is 12.2. The highest BCUT2D eigenvalue weighted by atomic mass is 16.5.